The second-order valence-electron chi connectivity index (χ2n) is 6.29. The van der Waals surface area contributed by atoms with Crippen LogP contribution in [0.2, 0.25) is 0 Å². The molecule has 24 heavy (non-hydrogen) atoms. The Hall–Kier alpha value is -1.88. The van der Waals surface area contributed by atoms with Gasteiger partial charge in [-0.2, -0.15) is 0 Å². The number of benzene rings is 1. The van der Waals surface area contributed by atoms with Crippen LogP contribution in [0.4, 0.5) is 5.69 Å². The lowest BCUT2D eigenvalue weighted by atomic mass is 9.96. The summed E-state index contributed by atoms with van der Waals surface area (Å²) >= 11 is 0. The molecule has 0 bridgehead atoms. The van der Waals surface area contributed by atoms with Crippen molar-refractivity contribution in [1.29, 1.82) is 0 Å². The van der Waals surface area contributed by atoms with Crippen LogP contribution in [0.5, 0.6) is 0 Å². The van der Waals surface area contributed by atoms with E-state index in [1.54, 1.807) is 4.90 Å². The van der Waals surface area contributed by atoms with Gasteiger partial charge in [0.25, 0.3) is 0 Å². The zero-order chi connectivity index (χ0) is 17.6. The summed E-state index contributed by atoms with van der Waals surface area (Å²) in [6, 6.07) is 7.83. The van der Waals surface area contributed by atoms with Crippen molar-refractivity contribution in [2.75, 3.05) is 24.7 Å². The van der Waals surface area contributed by atoms with E-state index in [-0.39, 0.29) is 11.8 Å². The van der Waals surface area contributed by atoms with Crippen molar-refractivity contribution < 1.29 is 14.3 Å². The molecule has 0 aromatic heterocycles. The summed E-state index contributed by atoms with van der Waals surface area (Å²) in [5, 5.41) is 2.97. The molecule has 0 spiro atoms. The Morgan fingerprint density at radius 1 is 1.33 bits per heavy atom. The standard InChI is InChI=1S/C19H28N2O3/c1-4-15-9-6-7-10-16(15)21-17(22)11-12-19(21,3)18(23)20-13-8-14-24-5-2/h6-7,9-10H,4-5,8,11-14H2,1-3H3,(H,20,23). The van der Waals surface area contributed by atoms with Gasteiger partial charge in [-0.15, -0.1) is 0 Å². The fraction of sp³-hybridized carbons (Fsp3) is 0.579. The number of hydrogen-bond donors (Lipinski definition) is 1. The van der Waals surface area contributed by atoms with Crippen molar-refractivity contribution in [1.82, 2.24) is 5.32 Å². The van der Waals surface area contributed by atoms with Crippen molar-refractivity contribution in [3.05, 3.63) is 29.8 Å². The van der Waals surface area contributed by atoms with Gasteiger partial charge in [-0.25, -0.2) is 0 Å². The summed E-state index contributed by atoms with van der Waals surface area (Å²) in [7, 11) is 0. The van der Waals surface area contributed by atoms with Crippen molar-refractivity contribution >= 4 is 17.5 Å². The van der Waals surface area contributed by atoms with Gasteiger partial charge in [-0.05, 0) is 44.7 Å². The van der Waals surface area contributed by atoms with Crippen molar-refractivity contribution in [3.63, 3.8) is 0 Å². The summed E-state index contributed by atoms with van der Waals surface area (Å²) in [6.45, 7) is 7.75. The van der Waals surface area contributed by atoms with Crippen molar-refractivity contribution in [3.8, 4) is 0 Å². The van der Waals surface area contributed by atoms with E-state index in [0.717, 1.165) is 24.1 Å². The number of carbonyl (C=O) groups is 2. The molecule has 5 heteroatoms. The van der Waals surface area contributed by atoms with Crippen molar-refractivity contribution in [2.24, 2.45) is 0 Å². The van der Waals surface area contributed by atoms with E-state index in [0.29, 0.717) is 32.6 Å². The number of hydrogen-bond acceptors (Lipinski definition) is 3. The lowest BCUT2D eigenvalue weighted by Gasteiger charge is -2.35. The molecule has 0 radical (unpaired) electrons. The molecular formula is C19H28N2O3. The van der Waals surface area contributed by atoms with Gasteiger partial charge in [0.2, 0.25) is 11.8 Å². The number of ether oxygens (including phenoxy) is 1. The topological polar surface area (TPSA) is 58.6 Å². The molecule has 0 aliphatic carbocycles. The first-order valence-corrected chi connectivity index (χ1v) is 8.81. The first-order valence-electron chi connectivity index (χ1n) is 8.81. The molecule has 0 saturated carbocycles. The van der Waals surface area contributed by atoms with E-state index in [1.165, 1.54) is 0 Å². The first-order chi connectivity index (χ1) is 11.5. The van der Waals surface area contributed by atoms with Gasteiger partial charge in [0.15, 0.2) is 0 Å². The number of aryl methyl sites for hydroxylation is 1. The predicted octanol–water partition coefficient (Wildman–Crippen LogP) is 2.68. The molecule has 2 rings (SSSR count). The Labute approximate surface area is 144 Å². The fourth-order valence-corrected chi connectivity index (χ4v) is 3.20. The molecule has 1 fully saturated rings. The van der Waals surface area contributed by atoms with E-state index in [1.807, 2.05) is 38.1 Å². The van der Waals surface area contributed by atoms with Crippen LogP contribution >= 0.6 is 0 Å². The third-order valence-corrected chi connectivity index (χ3v) is 4.63. The molecule has 5 nitrogen and oxygen atoms in total. The quantitative estimate of drug-likeness (QED) is 0.745. The smallest absolute Gasteiger partial charge is 0.246 e. The van der Waals surface area contributed by atoms with Crippen LogP contribution in [-0.2, 0) is 20.7 Å². The summed E-state index contributed by atoms with van der Waals surface area (Å²) < 4.78 is 5.29. The molecular weight excluding hydrogens is 304 g/mol. The van der Waals surface area contributed by atoms with Crippen LogP contribution in [0.25, 0.3) is 0 Å². The van der Waals surface area contributed by atoms with Crippen LogP contribution < -0.4 is 10.2 Å². The second kappa shape index (κ2) is 8.29. The maximum absolute atomic E-state index is 12.8. The number of amides is 2. The number of anilines is 1. The minimum atomic E-state index is -0.825. The number of nitrogens with zero attached hydrogens (tertiary/aromatic N) is 1. The fourth-order valence-electron chi connectivity index (χ4n) is 3.20. The van der Waals surface area contributed by atoms with Gasteiger partial charge in [0, 0.05) is 31.9 Å². The molecule has 1 aliphatic rings. The van der Waals surface area contributed by atoms with E-state index in [9.17, 15) is 9.59 Å². The third kappa shape index (κ3) is 3.78. The highest BCUT2D eigenvalue weighted by Gasteiger charge is 2.48. The number of carbonyl (C=O) groups excluding carboxylic acids is 2. The van der Waals surface area contributed by atoms with Crippen LogP contribution in [-0.4, -0.2) is 37.1 Å². The summed E-state index contributed by atoms with van der Waals surface area (Å²) in [5.41, 5.74) is 1.12. The number of rotatable bonds is 8. The highest BCUT2D eigenvalue weighted by atomic mass is 16.5. The molecule has 1 unspecified atom stereocenters. The van der Waals surface area contributed by atoms with E-state index >= 15 is 0 Å². The SMILES string of the molecule is CCOCCCNC(=O)C1(C)CCC(=O)N1c1ccccc1CC. The average molecular weight is 332 g/mol. The van der Waals surface area contributed by atoms with Gasteiger partial charge in [-0.1, -0.05) is 25.1 Å². The molecule has 1 saturated heterocycles. The molecule has 1 heterocycles. The molecule has 1 atom stereocenters. The monoisotopic (exact) mass is 332 g/mol. The Morgan fingerprint density at radius 2 is 2.08 bits per heavy atom. The van der Waals surface area contributed by atoms with E-state index in [2.05, 4.69) is 12.2 Å². The van der Waals surface area contributed by atoms with Crippen LogP contribution in [0.3, 0.4) is 0 Å². The maximum atomic E-state index is 12.8. The zero-order valence-corrected chi connectivity index (χ0v) is 14.9. The van der Waals surface area contributed by atoms with Crippen LogP contribution in [0.15, 0.2) is 24.3 Å². The minimum Gasteiger partial charge on any atom is -0.382 e. The lowest BCUT2D eigenvalue weighted by molar-refractivity contribution is -0.127. The molecule has 1 N–H and O–H groups in total. The van der Waals surface area contributed by atoms with Gasteiger partial charge in [0.05, 0.1) is 0 Å². The maximum Gasteiger partial charge on any atom is 0.246 e. The van der Waals surface area contributed by atoms with Gasteiger partial charge >= 0.3 is 0 Å². The molecule has 1 aromatic rings. The van der Waals surface area contributed by atoms with E-state index < -0.39 is 5.54 Å². The molecule has 1 aliphatic heterocycles. The lowest BCUT2D eigenvalue weighted by Crippen LogP contribution is -2.55. The molecule has 1 aromatic carbocycles. The molecule has 132 valence electrons. The first kappa shape index (κ1) is 18.5. The normalized spacial score (nSPS) is 20.5. The Bertz CT molecular complexity index is 588. The van der Waals surface area contributed by atoms with Gasteiger partial charge in [-0.3, -0.25) is 14.5 Å². The Kier molecular flexibility index (Phi) is 6.37. The number of nitrogens with one attached hydrogen (secondary N) is 1. The van der Waals surface area contributed by atoms with Gasteiger partial charge < -0.3 is 10.1 Å². The molecule has 2 amide bonds. The summed E-state index contributed by atoms with van der Waals surface area (Å²) in [4.78, 5) is 27.0. The highest BCUT2D eigenvalue weighted by Crippen LogP contribution is 2.37. The minimum absolute atomic E-state index is 0.0165. The largest absolute Gasteiger partial charge is 0.382 e. The van der Waals surface area contributed by atoms with Gasteiger partial charge in [0.1, 0.15) is 5.54 Å². The number of para-hydroxylation sites is 1. The predicted molar refractivity (Wildman–Crippen MR) is 95.1 cm³/mol. The van der Waals surface area contributed by atoms with Crippen LogP contribution in [0, 0.1) is 0 Å². The van der Waals surface area contributed by atoms with E-state index in [4.69, 9.17) is 4.74 Å². The Balaban J connectivity index is 2.14. The highest BCUT2D eigenvalue weighted by molar-refractivity contribution is 6.06. The third-order valence-electron chi connectivity index (χ3n) is 4.63. The Morgan fingerprint density at radius 3 is 2.79 bits per heavy atom. The average Bonchev–Trinajstić information content (AvgIpc) is 2.90. The van der Waals surface area contributed by atoms with Crippen molar-refractivity contribution in [2.45, 2.75) is 52.0 Å². The summed E-state index contributed by atoms with van der Waals surface area (Å²) in [6.07, 6.45) is 2.54. The zero-order valence-electron chi connectivity index (χ0n) is 14.9. The summed E-state index contributed by atoms with van der Waals surface area (Å²) in [5.74, 6) is -0.0707. The van der Waals surface area contributed by atoms with Crippen LogP contribution in [0.1, 0.15) is 45.6 Å². The second-order valence-corrected chi connectivity index (χ2v) is 6.29.